The summed E-state index contributed by atoms with van der Waals surface area (Å²) in [4.78, 5) is 13.4. The van der Waals surface area contributed by atoms with E-state index >= 15 is 0 Å². The topological polar surface area (TPSA) is 50.2 Å². The summed E-state index contributed by atoms with van der Waals surface area (Å²) in [6, 6.07) is 6.71. The fourth-order valence-corrected chi connectivity index (χ4v) is 3.00. The van der Waals surface area contributed by atoms with Crippen LogP contribution in [0.1, 0.15) is 35.7 Å². The molecule has 1 unspecified atom stereocenters. The SMILES string of the molecule is CN(C)C(=O)Cn1cc2c(n1)C(NCc1ccc(F)cc1)CCC2. The third kappa shape index (κ3) is 3.82. The molecule has 0 aliphatic heterocycles. The third-order valence-electron chi connectivity index (χ3n) is 4.40. The second-order valence-corrected chi connectivity index (χ2v) is 6.48. The molecule has 1 amide bonds. The number of carbonyl (C=O) groups excluding carboxylic acids is 1. The minimum Gasteiger partial charge on any atom is -0.347 e. The Morgan fingerprint density at radius 2 is 2.12 bits per heavy atom. The molecule has 1 aliphatic carbocycles. The lowest BCUT2D eigenvalue weighted by Gasteiger charge is -2.22. The Balaban J connectivity index is 1.68. The summed E-state index contributed by atoms with van der Waals surface area (Å²) in [7, 11) is 3.50. The predicted octanol–water partition coefficient (Wildman–Crippen LogP) is 2.28. The first-order valence-electron chi connectivity index (χ1n) is 8.27. The summed E-state index contributed by atoms with van der Waals surface area (Å²) in [6.45, 7) is 0.943. The van der Waals surface area contributed by atoms with Crippen LogP contribution >= 0.6 is 0 Å². The van der Waals surface area contributed by atoms with Crippen molar-refractivity contribution in [1.82, 2.24) is 20.0 Å². The molecular formula is C18H23FN4O. The maximum atomic E-state index is 13.0. The average molecular weight is 330 g/mol. The fraction of sp³-hybridized carbons (Fsp3) is 0.444. The summed E-state index contributed by atoms with van der Waals surface area (Å²) >= 11 is 0. The second kappa shape index (κ2) is 7.13. The number of aryl methyl sites for hydroxylation is 1. The zero-order chi connectivity index (χ0) is 17.1. The maximum absolute atomic E-state index is 13.0. The standard InChI is InChI=1S/C18H23FN4O/c1-22(2)17(24)12-23-11-14-4-3-5-16(18(14)21-23)20-10-13-6-8-15(19)9-7-13/h6-9,11,16,20H,3-5,10,12H2,1-2H3. The lowest BCUT2D eigenvalue weighted by Crippen LogP contribution is -2.27. The Hall–Kier alpha value is -2.21. The van der Waals surface area contributed by atoms with Gasteiger partial charge in [0.1, 0.15) is 12.4 Å². The molecule has 1 heterocycles. The Morgan fingerprint density at radius 1 is 1.38 bits per heavy atom. The molecule has 1 aliphatic rings. The Labute approximate surface area is 141 Å². The van der Waals surface area contributed by atoms with Crippen molar-refractivity contribution in [3.05, 3.63) is 53.1 Å². The van der Waals surface area contributed by atoms with Crippen LogP contribution in [-0.2, 0) is 24.3 Å². The number of hydrogen-bond acceptors (Lipinski definition) is 3. The number of rotatable bonds is 5. The lowest BCUT2D eigenvalue weighted by molar-refractivity contribution is -0.129. The number of hydrogen-bond donors (Lipinski definition) is 1. The van der Waals surface area contributed by atoms with E-state index in [-0.39, 0.29) is 24.3 Å². The van der Waals surface area contributed by atoms with Crippen molar-refractivity contribution in [3.8, 4) is 0 Å². The number of carbonyl (C=O) groups is 1. The molecule has 2 aromatic rings. The Kier molecular flexibility index (Phi) is 4.94. The summed E-state index contributed by atoms with van der Waals surface area (Å²) in [6.07, 6.45) is 5.11. The van der Waals surface area contributed by atoms with Crippen LogP contribution in [0.25, 0.3) is 0 Å². The van der Waals surface area contributed by atoms with Gasteiger partial charge >= 0.3 is 0 Å². The van der Waals surface area contributed by atoms with E-state index in [1.807, 2.05) is 6.20 Å². The number of aromatic nitrogens is 2. The lowest BCUT2D eigenvalue weighted by atomic mass is 9.93. The van der Waals surface area contributed by atoms with E-state index in [1.54, 1.807) is 35.8 Å². The number of halogens is 1. The van der Waals surface area contributed by atoms with Gasteiger partial charge < -0.3 is 10.2 Å². The first kappa shape index (κ1) is 16.6. The molecule has 0 saturated carbocycles. The van der Waals surface area contributed by atoms with Gasteiger partial charge in [-0.05, 0) is 42.5 Å². The van der Waals surface area contributed by atoms with Crippen LogP contribution in [0.3, 0.4) is 0 Å². The molecule has 128 valence electrons. The van der Waals surface area contributed by atoms with E-state index in [4.69, 9.17) is 0 Å². The van der Waals surface area contributed by atoms with Crippen LogP contribution in [0.15, 0.2) is 30.5 Å². The summed E-state index contributed by atoms with van der Waals surface area (Å²) < 4.78 is 14.7. The highest BCUT2D eigenvalue weighted by Gasteiger charge is 2.24. The maximum Gasteiger partial charge on any atom is 0.243 e. The van der Waals surface area contributed by atoms with E-state index < -0.39 is 0 Å². The summed E-state index contributed by atoms with van der Waals surface area (Å²) in [5.74, 6) is -0.186. The van der Waals surface area contributed by atoms with Gasteiger partial charge in [-0.2, -0.15) is 5.10 Å². The van der Waals surface area contributed by atoms with Crippen LogP contribution in [0.4, 0.5) is 4.39 Å². The highest BCUT2D eigenvalue weighted by Crippen LogP contribution is 2.28. The van der Waals surface area contributed by atoms with Crippen LogP contribution in [0.5, 0.6) is 0 Å². The molecule has 1 atom stereocenters. The first-order chi connectivity index (χ1) is 11.5. The van der Waals surface area contributed by atoms with Crippen molar-refractivity contribution in [2.24, 2.45) is 0 Å². The van der Waals surface area contributed by atoms with Gasteiger partial charge in [0.2, 0.25) is 5.91 Å². The van der Waals surface area contributed by atoms with Gasteiger partial charge in [-0.3, -0.25) is 9.48 Å². The zero-order valence-corrected chi connectivity index (χ0v) is 14.1. The molecule has 6 heteroatoms. The van der Waals surface area contributed by atoms with Crippen molar-refractivity contribution in [3.63, 3.8) is 0 Å². The van der Waals surface area contributed by atoms with Crippen LogP contribution < -0.4 is 5.32 Å². The average Bonchev–Trinajstić information content (AvgIpc) is 2.97. The molecule has 0 spiro atoms. The molecule has 1 aromatic carbocycles. The largest absolute Gasteiger partial charge is 0.347 e. The number of nitrogens with one attached hydrogen (secondary N) is 1. The molecular weight excluding hydrogens is 307 g/mol. The zero-order valence-electron chi connectivity index (χ0n) is 14.1. The van der Waals surface area contributed by atoms with E-state index in [2.05, 4.69) is 10.4 Å². The molecule has 0 saturated heterocycles. The molecule has 5 nitrogen and oxygen atoms in total. The monoisotopic (exact) mass is 330 g/mol. The number of likely N-dealkylation sites (N-methyl/N-ethyl adjacent to an activating group) is 1. The number of nitrogens with zero attached hydrogens (tertiary/aromatic N) is 3. The predicted molar refractivity (Wildman–Crippen MR) is 89.8 cm³/mol. The Morgan fingerprint density at radius 3 is 2.83 bits per heavy atom. The summed E-state index contributed by atoms with van der Waals surface area (Å²) in [5, 5.41) is 8.14. The van der Waals surface area contributed by atoms with Crippen molar-refractivity contribution in [2.45, 2.75) is 38.4 Å². The molecule has 3 rings (SSSR count). The van der Waals surface area contributed by atoms with Gasteiger partial charge in [-0.25, -0.2) is 4.39 Å². The normalized spacial score (nSPS) is 16.7. The van der Waals surface area contributed by atoms with Crippen molar-refractivity contribution in [1.29, 1.82) is 0 Å². The second-order valence-electron chi connectivity index (χ2n) is 6.48. The van der Waals surface area contributed by atoms with Gasteiger partial charge in [-0.1, -0.05) is 12.1 Å². The summed E-state index contributed by atoms with van der Waals surface area (Å²) in [5.41, 5.74) is 3.30. The van der Waals surface area contributed by atoms with Gasteiger partial charge in [-0.15, -0.1) is 0 Å². The van der Waals surface area contributed by atoms with Gasteiger partial charge in [0.15, 0.2) is 0 Å². The van der Waals surface area contributed by atoms with E-state index in [0.29, 0.717) is 6.54 Å². The minimum atomic E-state index is -0.219. The van der Waals surface area contributed by atoms with Crippen LogP contribution in [0.2, 0.25) is 0 Å². The van der Waals surface area contributed by atoms with Crippen molar-refractivity contribution >= 4 is 5.91 Å². The quantitative estimate of drug-likeness (QED) is 0.915. The van der Waals surface area contributed by atoms with Gasteiger partial charge in [0, 0.05) is 26.8 Å². The fourth-order valence-electron chi connectivity index (χ4n) is 3.00. The molecule has 0 radical (unpaired) electrons. The third-order valence-corrected chi connectivity index (χ3v) is 4.40. The molecule has 0 fully saturated rings. The minimum absolute atomic E-state index is 0.0330. The first-order valence-corrected chi connectivity index (χ1v) is 8.27. The number of fused-ring (bicyclic) bond motifs is 1. The molecule has 1 aromatic heterocycles. The van der Waals surface area contributed by atoms with Gasteiger partial charge in [0.25, 0.3) is 0 Å². The van der Waals surface area contributed by atoms with Crippen LogP contribution in [0, 0.1) is 5.82 Å². The van der Waals surface area contributed by atoms with Crippen molar-refractivity contribution in [2.75, 3.05) is 14.1 Å². The molecule has 24 heavy (non-hydrogen) atoms. The highest BCUT2D eigenvalue weighted by atomic mass is 19.1. The molecule has 0 bridgehead atoms. The molecule has 1 N–H and O–H groups in total. The number of benzene rings is 1. The van der Waals surface area contributed by atoms with E-state index in [9.17, 15) is 9.18 Å². The smallest absolute Gasteiger partial charge is 0.243 e. The van der Waals surface area contributed by atoms with Crippen molar-refractivity contribution < 1.29 is 9.18 Å². The van der Waals surface area contributed by atoms with Gasteiger partial charge in [0.05, 0.1) is 11.7 Å². The number of amides is 1. The highest BCUT2D eigenvalue weighted by molar-refractivity contribution is 5.75. The van der Waals surface area contributed by atoms with E-state index in [1.165, 1.54) is 17.7 Å². The Bertz CT molecular complexity index is 708. The van der Waals surface area contributed by atoms with E-state index in [0.717, 1.165) is 30.5 Å². The van der Waals surface area contributed by atoms with Crippen LogP contribution in [-0.4, -0.2) is 34.7 Å².